The molecule has 1 saturated carbocycles. The van der Waals surface area contributed by atoms with Crippen molar-refractivity contribution in [3.63, 3.8) is 0 Å². The molecular formula is C18H16N2O3S. The number of thiophene rings is 1. The molecule has 0 aliphatic heterocycles. The number of carbonyl (C=O) groups is 1. The summed E-state index contributed by atoms with van der Waals surface area (Å²) in [7, 11) is 1.63. The van der Waals surface area contributed by atoms with E-state index in [4.69, 9.17) is 10.5 Å². The molecule has 0 spiro atoms. The first-order chi connectivity index (χ1) is 11.6. The number of carboxylic acid groups (broad SMARTS) is 1. The molecule has 4 rings (SSSR count). The van der Waals surface area contributed by atoms with Gasteiger partial charge in [-0.05, 0) is 42.2 Å². The number of hydrogen-bond donors (Lipinski definition) is 2. The van der Waals surface area contributed by atoms with Gasteiger partial charge in [-0.3, -0.25) is 0 Å². The predicted molar refractivity (Wildman–Crippen MR) is 95.0 cm³/mol. The van der Waals surface area contributed by atoms with E-state index >= 15 is 0 Å². The highest BCUT2D eigenvalue weighted by molar-refractivity contribution is 7.21. The fourth-order valence-electron chi connectivity index (χ4n) is 2.89. The molecule has 0 atom stereocenters. The maximum Gasteiger partial charge on any atom is 0.348 e. The molecule has 0 bridgehead atoms. The SMILES string of the molecule is COc1ccc(-c2cc(C3CC3)nc3sc(C(=O)O)c(N)c23)cc1. The highest BCUT2D eigenvalue weighted by Gasteiger charge is 2.28. The second kappa shape index (κ2) is 5.49. The summed E-state index contributed by atoms with van der Waals surface area (Å²) < 4.78 is 5.21. The molecule has 3 N–H and O–H groups in total. The lowest BCUT2D eigenvalue weighted by molar-refractivity contribution is 0.0703. The van der Waals surface area contributed by atoms with E-state index in [1.807, 2.05) is 24.3 Å². The van der Waals surface area contributed by atoms with E-state index in [9.17, 15) is 9.90 Å². The minimum Gasteiger partial charge on any atom is -0.497 e. The van der Waals surface area contributed by atoms with E-state index in [-0.39, 0.29) is 4.88 Å². The average Bonchev–Trinajstić information content (AvgIpc) is 3.38. The van der Waals surface area contributed by atoms with Gasteiger partial charge in [0.2, 0.25) is 0 Å². The van der Waals surface area contributed by atoms with Crippen molar-refractivity contribution in [3.8, 4) is 16.9 Å². The lowest BCUT2D eigenvalue weighted by atomic mass is 10.0. The third kappa shape index (κ3) is 2.39. The number of aromatic nitrogens is 1. The second-order valence-electron chi connectivity index (χ2n) is 5.93. The van der Waals surface area contributed by atoms with Gasteiger partial charge in [-0.15, -0.1) is 11.3 Å². The van der Waals surface area contributed by atoms with Crippen LogP contribution in [0.4, 0.5) is 5.69 Å². The Morgan fingerprint density at radius 3 is 2.62 bits per heavy atom. The highest BCUT2D eigenvalue weighted by atomic mass is 32.1. The zero-order valence-electron chi connectivity index (χ0n) is 13.1. The van der Waals surface area contributed by atoms with Crippen molar-refractivity contribution in [3.05, 3.63) is 40.9 Å². The van der Waals surface area contributed by atoms with Crippen molar-refractivity contribution in [2.75, 3.05) is 12.8 Å². The fraction of sp³-hybridized carbons (Fsp3) is 0.222. The summed E-state index contributed by atoms with van der Waals surface area (Å²) in [4.78, 5) is 17.0. The van der Waals surface area contributed by atoms with E-state index in [1.165, 1.54) is 0 Å². The van der Waals surface area contributed by atoms with E-state index in [0.717, 1.165) is 52.1 Å². The maximum absolute atomic E-state index is 11.4. The number of aromatic carboxylic acids is 1. The van der Waals surface area contributed by atoms with Crippen LogP contribution in [0.2, 0.25) is 0 Å². The molecule has 0 radical (unpaired) electrons. The number of methoxy groups -OCH3 is 1. The molecule has 2 heterocycles. The summed E-state index contributed by atoms with van der Waals surface area (Å²) >= 11 is 1.15. The molecule has 3 aromatic rings. The van der Waals surface area contributed by atoms with Crippen LogP contribution >= 0.6 is 11.3 Å². The van der Waals surface area contributed by atoms with Gasteiger partial charge in [0.25, 0.3) is 0 Å². The third-order valence-electron chi connectivity index (χ3n) is 4.31. The number of rotatable bonds is 4. The average molecular weight is 340 g/mol. The summed E-state index contributed by atoms with van der Waals surface area (Å²) in [6.07, 6.45) is 2.26. The van der Waals surface area contributed by atoms with Crippen LogP contribution in [-0.2, 0) is 0 Å². The van der Waals surface area contributed by atoms with Gasteiger partial charge in [0.15, 0.2) is 0 Å². The van der Waals surface area contributed by atoms with Crippen LogP contribution in [-0.4, -0.2) is 23.2 Å². The van der Waals surface area contributed by atoms with Crippen LogP contribution in [0.15, 0.2) is 30.3 Å². The fourth-order valence-corrected chi connectivity index (χ4v) is 3.85. The molecule has 0 saturated heterocycles. The molecule has 1 aliphatic rings. The van der Waals surface area contributed by atoms with Crippen LogP contribution < -0.4 is 10.5 Å². The van der Waals surface area contributed by atoms with Gasteiger partial charge in [0, 0.05) is 17.0 Å². The van der Waals surface area contributed by atoms with E-state index in [0.29, 0.717) is 16.4 Å². The van der Waals surface area contributed by atoms with E-state index < -0.39 is 5.97 Å². The van der Waals surface area contributed by atoms with Crippen LogP contribution in [0.5, 0.6) is 5.75 Å². The van der Waals surface area contributed by atoms with Crippen LogP contribution in [0.1, 0.15) is 34.1 Å². The number of anilines is 1. The largest absolute Gasteiger partial charge is 0.497 e. The number of benzene rings is 1. The lowest BCUT2D eigenvalue weighted by Gasteiger charge is -2.09. The minimum absolute atomic E-state index is 0.153. The Balaban J connectivity index is 1.98. The van der Waals surface area contributed by atoms with Crippen LogP contribution in [0.3, 0.4) is 0 Å². The first-order valence-corrected chi connectivity index (χ1v) is 8.50. The van der Waals surface area contributed by atoms with Gasteiger partial charge in [-0.1, -0.05) is 12.1 Å². The van der Waals surface area contributed by atoms with Crippen molar-refractivity contribution in [2.45, 2.75) is 18.8 Å². The number of fused-ring (bicyclic) bond motifs is 1. The van der Waals surface area contributed by atoms with Gasteiger partial charge in [0.1, 0.15) is 15.5 Å². The van der Waals surface area contributed by atoms with Crippen LogP contribution in [0, 0.1) is 0 Å². The van der Waals surface area contributed by atoms with Crippen molar-refractivity contribution < 1.29 is 14.6 Å². The summed E-state index contributed by atoms with van der Waals surface area (Å²) in [6.45, 7) is 0. The molecule has 5 nitrogen and oxygen atoms in total. The van der Waals surface area contributed by atoms with Crippen LogP contribution in [0.25, 0.3) is 21.3 Å². The third-order valence-corrected chi connectivity index (χ3v) is 5.40. The number of nitrogens with two attached hydrogens (primary N) is 1. The summed E-state index contributed by atoms with van der Waals surface area (Å²) in [5, 5.41) is 10.1. The number of pyridine rings is 1. The maximum atomic E-state index is 11.4. The van der Waals surface area contributed by atoms with Crippen molar-refractivity contribution in [1.29, 1.82) is 0 Å². The predicted octanol–water partition coefficient (Wildman–Crippen LogP) is 4.13. The Morgan fingerprint density at radius 2 is 2.04 bits per heavy atom. The lowest BCUT2D eigenvalue weighted by Crippen LogP contribution is -1.98. The molecule has 24 heavy (non-hydrogen) atoms. The Bertz CT molecular complexity index is 943. The number of ether oxygens (including phenoxy) is 1. The molecule has 6 heteroatoms. The first kappa shape index (κ1) is 15.0. The molecule has 2 aromatic heterocycles. The first-order valence-electron chi connectivity index (χ1n) is 7.69. The molecule has 1 aliphatic carbocycles. The zero-order valence-corrected chi connectivity index (χ0v) is 13.9. The summed E-state index contributed by atoms with van der Waals surface area (Å²) in [6, 6.07) is 9.75. The van der Waals surface area contributed by atoms with Gasteiger partial charge in [0.05, 0.1) is 12.8 Å². The zero-order chi connectivity index (χ0) is 16.8. The van der Waals surface area contributed by atoms with Crippen molar-refractivity contribution >= 4 is 33.2 Å². The van der Waals surface area contributed by atoms with E-state index in [2.05, 4.69) is 11.1 Å². The Hall–Kier alpha value is -2.60. The quantitative estimate of drug-likeness (QED) is 0.746. The molecular weight excluding hydrogens is 324 g/mol. The minimum atomic E-state index is -1.01. The molecule has 122 valence electrons. The van der Waals surface area contributed by atoms with E-state index in [1.54, 1.807) is 7.11 Å². The summed E-state index contributed by atoms with van der Waals surface area (Å²) in [5.41, 5.74) is 9.37. The van der Waals surface area contributed by atoms with Gasteiger partial charge in [-0.2, -0.15) is 0 Å². The number of hydrogen-bond acceptors (Lipinski definition) is 5. The number of carboxylic acids is 1. The number of nitrogens with zero attached hydrogens (tertiary/aromatic N) is 1. The Kier molecular flexibility index (Phi) is 3.42. The Labute approximate surface area is 142 Å². The monoisotopic (exact) mass is 340 g/mol. The topological polar surface area (TPSA) is 85.4 Å². The van der Waals surface area contributed by atoms with Crippen molar-refractivity contribution in [1.82, 2.24) is 4.98 Å². The standard InChI is InChI=1S/C18H16N2O3S/c1-23-11-6-4-9(5-7-11)12-8-13(10-2-3-10)20-17-14(12)15(19)16(24-17)18(21)22/h4-8,10H,2-3,19H2,1H3,(H,21,22). The van der Waals surface area contributed by atoms with Gasteiger partial charge >= 0.3 is 5.97 Å². The molecule has 1 aromatic carbocycles. The Morgan fingerprint density at radius 1 is 1.33 bits per heavy atom. The smallest absolute Gasteiger partial charge is 0.348 e. The second-order valence-corrected chi connectivity index (χ2v) is 6.93. The molecule has 0 amide bonds. The summed E-state index contributed by atoms with van der Waals surface area (Å²) in [5.74, 6) is 0.239. The van der Waals surface area contributed by atoms with Gasteiger partial charge < -0.3 is 15.6 Å². The normalized spacial score (nSPS) is 14.0. The molecule has 0 unspecified atom stereocenters. The van der Waals surface area contributed by atoms with Crippen molar-refractivity contribution in [2.24, 2.45) is 0 Å². The molecule has 1 fully saturated rings. The highest BCUT2D eigenvalue weighted by Crippen LogP contribution is 2.45. The van der Waals surface area contributed by atoms with Gasteiger partial charge in [-0.25, -0.2) is 9.78 Å². The number of nitrogen functional groups attached to an aromatic ring is 1.